The molecule has 2 nitrogen and oxygen atoms in total. The number of fused-ring (bicyclic) bond motifs is 10. The number of hydrogen-bond donors (Lipinski definition) is 1. The Labute approximate surface area is 183 Å². The lowest BCUT2D eigenvalue weighted by atomic mass is 10.0. The van der Waals surface area contributed by atoms with E-state index in [-0.39, 0.29) is 0 Å². The second kappa shape index (κ2) is 5.68. The molecule has 8 aromatic rings. The fraction of sp³-hybridized carbons (Fsp3) is 0. The first-order chi connectivity index (χ1) is 15.9. The topological polar surface area (TPSA) is 20.2 Å². The maximum atomic E-state index is 3.61. The third-order valence-corrected chi connectivity index (χ3v) is 7.05. The largest absolute Gasteiger partial charge is 0.354 e. The van der Waals surface area contributed by atoms with Crippen LogP contribution in [0.15, 0.2) is 103 Å². The highest BCUT2D eigenvalue weighted by Gasteiger charge is 2.20. The third-order valence-electron chi connectivity index (χ3n) is 7.05. The summed E-state index contributed by atoms with van der Waals surface area (Å²) in [7, 11) is 0. The molecular weight excluding hydrogens is 388 g/mol. The lowest BCUT2D eigenvalue weighted by molar-refractivity contribution is 1.37. The minimum Gasteiger partial charge on any atom is -0.354 e. The molecule has 32 heavy (non-hydrogen) atoms. The Morgan fingerprint density at radius 1 is 0.469 bits per heavy atom. The number of hydrogen-bond acceptors (Lipinski definition) is 0. The zero-order valence-corrected chi connectivity index (χ0v) is 17.3. The van der Waals surface area contributed by atoms with Crippen LogP contribution in [-0.2, 0) is 0 Å². The molecule has 5 aromatic carbocycles. The summed E-state index contributed by atoms with van der Waals surface area (Å²) < 4.78 is 2.46. The van der Waals surface area contributed by atoms with E-state index in [9.17, 15) is 0 Å². The van der Waals surface area contributed by atoms with E-state index in [1.165, 1.54) is 71.0 Å². The Hall–Kier alpha value is -4.30. The molecule has 0 bridgehead atoms. The first kappa shape index (κ1) is 16.4. The summed E-state index contributed by atoms with van der Waals surface area (Å²) in [5.74, 6) is 0. The second-order valence-electron chi connectivity index (χ2n) is 8.69. The minimum absolute atomic E-state index is 1.19. The summed E-state index contributed by atoms with van der Waals surface area (Å²) in [6.45, 7) is 0. The average molecular weight is 406 g/mol. The number of benzene rings is 5. The molecule has 0 saturated carbocycles. The van der Waals surface area contributed by atoms with E-state index in [1.54, 1.807) is 0 Å². The molecule has 0 spiro atoms. The van der Waals surface area contributed by atoms with E-state index in [0.717, 1.165) is 0 Å². The summed E-state index contributed by atoms with van der Waals surface area (Å²) in [5, 5.41) is 7.91. The number of H-pyrrole nitrogens is 1. The zero-order valence-electron chi connectivity index (χ0n) is 17.3. The number of para-hydroxylation sites is 2. The van der Waals surface area contributed by atoms with Gasteiger partial charge in [0.2, 0.25) is 0 Å². The molecule has 0 fully saturated rings. The second-order valence-corrected chi connectivity index (χ2v) is 8.69. The molecular formula is C30H18N2. The van der Waals surface area contributed by atoms with Crippen molar-refractivity contribution in [3.63, 3.8) is 0 Å². The van der Waals surface area contributed by atoms with Gasteiger partial charge in [0.05, 0.1) is 16.6 Å². The van der Waals surface area contributed by atoms with E-state index in [0.29, 0.717) is 0 Å². The Balaban J connectivity index is 1.59. The van der Waals surface area contributed by atoms with Crippen LogP contribution in [0.2, 0.25) is 0 Å². The van der Waals surface area contributed by atoms with E-state index in [4.69, 9.17) is 0 Å². The molecule has 2 heteroatoms. The van der Waals surface area contributed by atoms with Crippen LogP contribution in [0, 0.1) is 0 Å². The van der Waals surface area contributed by atoms with Crippen LogP contribution in [0.25, 0.3) is 71.0 Å². The van der Waals surface area contributed by atoms with Crippen LogP contribution in [0.5, 0.6) is 0 Å². The molecule has 0 unspecified atom stereocenters. The van der Waals surface area contributed by atoms with Crippen LogP contribution >= 0.6 is 0 Å². The Morgan fingerprint density at radius 3 is 2.19 bits per heavy atom. The van der Waals surface area contributed by atoms with Gasteiger partial charge in [-0.15, -0.1) is 0 Å². The third kappa shape index (κ3) is 1.91. The van der Waals surface area contributed by atoms with E-state index >= 15 is 0 Å². The maximum absolute atomic E-state index is 3.61. The molecule has 3 heterocycles. The lowest BCUT2D eigenvalue weighted by Crippen LogP contribution is -1.82. The van der Waals surface area contributed by atoms with Crippen molar-refractivity contribution in [2.24, 2.45) is 0 Å². The predicted molar refractivity (Wildman–Crippen MR) is 136 cm³/mol. The lowest BCUT2D eigenvalue weighted by Gasteiger charge is -2.04. The SMILES string of the molecule is c1ccc(-c2ccc3c(c2)c2cccc4c5c6c(ccc5n3c24)[nH]c2ccccc26)cc1. The van der Waals surface area contributed by atoms with Gasteiger partial charge in [0.1, 0.15) is 0 Å². The highest BCUT2D eigenvalue weighted by Crippen LogP contribution is 2.43. The zero-order chi connectivity index (χ0) is 20.8. The van der Waals surface area contributed by atoms with E-state index in [2.05, 4.69) is 113 Å². The normalized spacial score (nSPS) is 12.4. The minimum atomic E-state index is 1.19. The molecule has 0 saturated heterocycles. The van der Waals surface area contributed by atoms with Crippen LogP contribution in [0.3, 0.4) is 0 Å². The summed E-state index contributed by atoms with van der Waals surface area (Å²) in [6, 6.07) is 37.4. The summed E-state index contributed by atoms with van der Waals surface area (Å²) in [6.07, 6.45) is 0. The van der Waals surface area contributed by atoms with Gasteiger partial charge >= 0.3 is 0 Å². The predicted octanol–water partition coefficient (Wildman–Crippen LogP) is 8.14. The van der Waals surface area contributed by atoms with Gasteiger partial charge in [0, 0.05) is 43.4 Å². The van der Waals surface area contributed by atoms with Gasteiger partial charge in [-0.3, -0.25) is 0 Å². The van der Waals surface area contributed by atoms with Gasteiger partial charge in [-0.1, -0.05) is 72.8 Å². The maximum Gasteiger partial charge on any atom is 0.0620 e. The van der Waals surface area contributed by atoms with Crippen molar-refractivity contribution >= 4 is 59.9 Å². The van der Waals surface area contributed by atoms with Crippen LogP contribution in [0.1, 0.15) is 0 Å². The van der Waals surface area contributed by atoms with Crippen molar-refractivity contribution in [3.05, 3.63) is 103 Å². The first-order valence-corrected chi connectivity index (χ1v) is 11.1. The standard InChI is InChI=1S/C30H18N2/c1-2-7-18(8-3-1)19-13-15-26-23(17-19)20-10-6-11-22-29-27(32(26)30(20)22)16-14-25-28(29)21-9-4-5-12-24(21)31-25/h1-17,31H. The number of nitrogens with zero attached hydrogens (tertiary/aromatic N) is 1. The van der Waals surface area contributed by atoms with Crippen molar-refractivity contribution in [2.75, 3.05) is 0 Å². The van der Waals surface area contributed by atoms with Crippen molar-refractivity contribution < 1.29 is 0 Å². The monoisotopic (exact) mass is 406 g/mol. The molecule has 3 aromatic heterocycles. The van der Waals surface area contributed by atoms with Crippen molar-refractivity contribution in [2.45, 2.75) is 0 Å². The Bertz CT molecular complexity index is 1970. The molecule has 0 aliphatic heterocycles. The number of aromatic nitrogens is 2. The summed E-state index contributed by atoms with van der Waals surface area (Å²) >= 11 is 0. The smallest absolute Gasteiger partial charge is 0.0620 e. The molecule has 0 aliphatic carbocycles. The van der Waals surface area contributed by atoms with Gasteiger partial charge in [0.25, 0.3) is 0 Å². The van der Waals surface area contributed by atoms with Crippen molar-refractivity contribution in [1.29, 1.82) is 0 Å². The van der Waals surface area contributed by atoms with Crippen LogP contribution in [-0.4, -0.2) is 9.38 Å². The van der Waals surface area contributed by atoms with Crippen LogP contribution in [0.4, 0.5) is 0 Å². The molecule has 148 valence electrons. The van der Waals surface area contributed by atoms with Gasteiger partial charge in [-0.25, -0.2) is 0 Å². The molecule has 0 atom stereocenters. The molecule has 0 radical (unpaired) electrons. The summed E-state index contributed by atoms with van der Waals surface area (Å²) in [4.78, 5) is 3.61. The molecule has 0 amide bonds. The number of nitrogens with one attached hydrogen (secondary N) is 1. The molecule has 0 aliphatic rings. The number of aromatic amines is 1. The quantitative estimate of drug-likeness (QED) is 0.284. The summed E-state index contributed by atoms with van der Waals surface area (Å²) in [5.41, 5.74) is 8.77. The van der Waals surface area contributed by atoms with Gasteiger partial charge < -0.3 is 9.38 Å². The van der Waals surface area contributed by atoms with Gasteiger partial charge in [0.15, 0.2) is 0 Å². The van der Waals surface area contributed by atoms with Crippen molar-refractivity contribution in [3.8, 4) is 11.1 Å². The number of rotatable bonds is 1. The van der Waals surface area contributed by atoms with E-state index in [1.807, 2.05) is 0 Å². The Kier molecular flexibility index (Phi) is 2.91. The fourth-order valence-electron chi connectivity index (χ4n) is 5.72. The first-order valence-electron chi connectivity index (χ1n) is 11.1. The highest BCUT2D eigenvalue weighted by atomic mass is 14.9. The highest BCUT2D eigenvalue weighted by molar-refractivity contribution is 6.32. The molecule has 8 rings (SSSR count). The fourth-order valence-corrected chi connectivity index (χ4v) is 5.72. The van der Waals surface area contributed by atoms with E-state index < -0.39 is 0 Å². The van der Waals surface area contributed by atoms with Crippen molar-refractivity contribution in [1.82, 2.24) is 9.38 Å². The average Bonchev–Trinajstić information content (AvgIpc) is 3.50. The van der Waals surface area contributed by atoms with Crippen LogP contribution < -0.4 is 0 Å². The van der Waals surface area contributed by atoms with Gasteiger partial charge in [-0.2, -0.15) is 0 Å². The molecule has 1 N–H and O–H groups in total. The van der Waals surface area contributed by atoms with Gasteiger partial charge in [-0.05, 0) is 41.5 Å². The Morgan fingerprint density at radius 2 is 1.25 bits per heavy atom.